The molecule has 2 rings (SSSR count). The number of thioether (sulfide) groups is 1. The summed E-state index contributed by atoms with van der Waals surface area (Å²) in [6, 6.07) is 2.10. The highest BCUT2D eigenvalue weighted by Crippen LogP contribution is 2.18. The maximum absolute atomic E-state index is 5.67. The summed E-state index contributed by atoms with van der Waals surface area (Å²) >= 11 is 1.83. The molecule has 2 aromatic heterocycles. The molecule has 5 heteroatoms. The SMILES string of the molecule is Cc1cc(C)n(CCSCc2ncc(C(C)C)o2)n1. The van der Waals surface area contributed by atoms with Crippen molar-refractivity contribution >= 4 is 11.8 Å². The number of nitrogens with zero attached hydrogens (tertiary/aromatic N) is 3. The molecule has 0 saturated carbocycles. The summed E-state index contributed by atoms with van der Waals surface area (Å²) < 4.78 is 7.72. The highest BCUT2D eigenvalue weighted by molar-refractivity contribution is 7.98. The number of rotatable bonds is 6. The van der Waals surface area contributed by atoms with Gasteiger partial charge in [0.05, 0.1) is 24.2 Å². The molecule has 0 radical (unpaired) electrons. The lowest BCUT2D eigenvalue weighted by atomic mass is 10.2. The van der Waals surface area contributed by atoms with Crippen LogP contribution in [0.1, 0.15) is 42.8 Å². The molecule has 0 amide bonds. The lowest BCUT2D eigenvalue weighted by Crippen LogP contribution is -2.04. The van der Waals surface area contributed by atoms with E-state index in [0.717, 1.165) is 35.4 Å². The molecule has 19 heavy (non-hydrogen) atoms. The summed E-state index contributed by atoms with van der Waals surface area (Å²) in [7, 11) is 0. The Morgan fingerprint density at radius 2 is 2.16 bits per heavy atom. The number of aromatic nitrogens is 3. The molecule has 0 spiro atoms. The smallest absolute Gasteiger partial charge is 0.204 e. The molecule has 2 aromatic rings. The van der Waals surface area contributed by atoms with E-state index >= 15 is 0 Å². The van der Waals surface area contributed by atoms with Crippen molar-refractivity contribution in [3.05, 3.63) is 35.3 Å². The van der Waals surface area contributed by atoms with Crippen LogP contribution in [0.15, 0.2) is 16.7 Å². The summed E-state index contributed by atoms with van der Waals surface area (Å²) in [5, 5.41) is 4.45. The number of hydrogen-bond acceptors (Lipinski definition) is 4. The molecule has 0 fully saturated rings. The second-order valence-electron chi connectivity index (χ2n) is 5.01. The Labute approximate surface area is 118 Å². The summed E-state index contributed by atoms with van der Waals surface area (Å²) in [4.78, 5) is 4.29. The molecule has 2 heterocycles. The Hall–Kier alpha value is -1.23. The molecule has 0 unspecified atom stereocenters. The van der Waals surface area contributed by atoms with Gasteiger partial charge in [-0.3, -0.25) is 4.68 Å². The van der Waals surface area contributed by atoms with Gasteiger partial charge in [-0.15, -0.1) is 0 Å². The average Bonchev–Trinajstić information content (AvgIpc) is 2.92. The standard InChI is InChI=1S/C14H21N3OS/c1-10(2)13-8-15-14(18-13)9-19-6-5-17-12(4)7-11(3)16-17/h7-8,10H,5-6,9H2,1-4H3. The molecule has 0 saturated heterocycles. The maximum Gasteiger partial charge on any atom is 0.204 e. The van der Waals surface area contributed by atoms with Gasteiger partial charge in [-0.2, -0.15) is 16.9 Å². The van der Waals surface area contributed by atoms with Gasteiger partial charge in [-0.25, -0.2) is 4.98 Å². The van der Waals surface area contributed by atoms with Crippen LogP contribution in [0, 0.1) is 13.8 Å². The maximum atomic E-state index is 5.67. The van der Waals surface area contributed by atoms with Crippen molar-refractivity contribution in [3.63, 3.8) is 0 Å². The van der Waals surface area contributed by atoms with Crippen LogP contribution in [0.5, 0.6) is 0 Å². The zero-order chi connectivity index (χ0) is 13.8. The third-order valence-electron chi connectivity index (χ3n) is 2.92. The Kier molecular flexibility index (Phi) is 4.69. The summed E-state index contributed by atoms with van der Waals surface area (Å²) in [5.41, 5.74) is 2.30. The van der Waals surface area contributed by atoms with Gasteiger partial charge in [0.1, 0.15) is 5.76 Å². The van der Waals surface area contributed by atoms with Gasteiger partial charge in [0.15, 0.2) is 0 Å². The van der Waals surface area contributed by atoms with E-state index in [9.17, 15) is 0 Å². The summed E-state index contributed by atoms with van der Waals surface area (Å²) in [6.07, 6.45) is 1.83. The van der Waals surface area contributed by atoms with E-state index < -0.39 is 0 Å². The van der Waals surface area contributed by atoms with Crippen LogP contribution in [0.4, 0.5) is 0 Å². The van der Waals surface area contributed by atoms with E-state index in [2.05, 4.69) is 41.6 Å². The van der Waals surface area contributed by atoms with Crippen LogP contribution in [-0.2, 0) is 12.3 Å². The fourth-order valence-corrected chi connectivity index (χ4v) is 2.62. The number of oxazole rings is 1. The Bertz CT molecular complexity index is 531. The fourth-order valence-electron chi connectivity index (χ4n) is 1.87. The van der Waals surface area contributed by atoms with Gasteiger partial charge < -0.3 is 4.42 Å². The first-order valence-corrected chi connectivity index (χ1v) is 7.75. The molecular weight excluding hydrogens is 258 g/mol. The third kappa shape index (κ3) is 3.86. The average molecular weight is 279 g/mol. The van der Waals surface area contributed by atoms with Crippen LogP contribution in [-0.4, -0.2) is 20.5 Å². The van der Waals surface area contributed by atoms with Gasteiger partial charge in [0.2, 0.25) is 5.89 Å². The van der Waals surface area contributed by atoms with Gasteiger partial charge in [-0.1, -0.05) is 13.8 Å². The fraction of sp³-hybridized carbons (Fsp3) is 0.571. The molecule has 0 atom stereocenters. The Morgan fingerprint density at radius 1 is 1.37 bits per heavy atom. The largest absolute Gasteiger partial charge is 0.445 e. The number of hydrogen-bond donors (Lipinski definition) is 0. The van der Waals surface area contributed by atoms with Crippen molar-refractivity contribution in [1.29, 1.82) is 0 Å². The zero-order valence-electron chi connectivity index (χ0n) is 12.0. The zero-order valence-corrected chi connectivity index (χ0v) is 12.8. The predicted molar refractivity (Wildman–Crippen MR) is 78.5 cm³/mol. The lowest BCUT2D eigenvalue weighted by Gasteiger charge is -2.03. The normalized spacial score (nSPS) is 11.4. The van der Waals surface area contributed by atoms with Crippen LogP contribution in [0.2, 0.25) is 0 Å². The van der Waals surface area contributed by atoms with Crippen molar-refractivity contribution in [3.8, 4) is 0 Å². The van der Waals surface area contributed by atoms with E-state index in [1.165, 1.54) is 5.69 Å². The van der Waals surface area contributed by atoms with Crippen molar-refractivity contribution in [2.45, 2.75) is 45.9 Å². The van der Waals surface area contributed by atoms with Crippen molar-refractivity contribution < 1.29 is 4.42 Å². The molecule has 104 valence electrons. The van der Waals surface area contributed by atoms with E-state index in [0.29, 0.717) is 5.92 Å². The third-order valence-corrected chi connectivity index (χ3v) is 3.84. The van der Waals surface area contributed by atoms with E-state index in [-0.39, 0.29) is 0 Å². The molecule has 0 aliphatic carbocycles. The van der Waals surface area contributed by atoms with E-state index in [4.69, 9.17) is 4.42 Å². The summed E-state index contributed by atoms with van der Waals surface area (Å²) in [6.45, 7) is 9.27. The van der Waals surface area contributed by atoms with Crippen LogP contribution in [0.3, 0.4) is 0 Å². The predicted octanol–water partition coefficient (Wildman–Crippen LogP) is 3.54. The molecule has 0 aliphatic rings. The summed E-state index contributed by atoms with van der Waals surface area (Å²) in [5.74, 6) is 4.03. The minimum atomic E-state index is 0.404. The molecule has 0 aliphatic heterocycles. The van der Waals surface area contributed by atoms with Crippen LogP contribution in [0.25, 0.3) is 0 Å². The molecule has 4 nitrogen and oxygen atoms in total. The minimum Gasteiger partial charge on any atom is -0.445 e. The van der Waals surface area contributed by atoms with Crippen molar-refractivity contribution in [2.75, 3.05) is 5.75 Å². The first-order valence-electron chi connectivity index (χ1n) is 6.59. The molecule has 0 aromatic carbocycles. The quantitative estimate of drug-likeness (QED) is 0.759. The first-order chi connectivity index (χ1) is 9.06. The van der Waals surface area contributed by atoms with E-state index in [1.54, 1.807) is 0 Å². The molecule has 0 N–H and O–H groups in total. The monoisotopic (exact) mass is 279 g/mol. The second kappa shape index (κ2) is 6.28. The Balaban J connectivity index is 1.76. The van der Waals surface area contributed by atoms with Gasteiger partial charge in [0.25, 0.3) is 0 Å². The van der Waals surface area contributed by atoms with Crippen LogP contribution < -0.4 is 0 Å². The topological polar surface area (TPSA) is 43.9 Å². The first kappa shape index (κ1) is 14.2. The lowest BCUT2D eigenvalue weighted by molar-refractivity contribution is 0.453. The van der Waals surface area contributed by atoms with Crippen LogP contribution >= 0.6 is 11.8 Å². The second-order valence-corrected chi connectivity index (χ2v) is 6.12. The van der Waals surface area contributed by atoms with Crippen molar-refractivity contribution in [2.24, 2.45) is 0 Å². The van der Waals surface area contributed by atoms with Crippen molar-refractivity contribution in [1.82, 2.24) is 14.8 Å². The van der Waals surface area contributed by atoms with Gasteiger partial charge >= 0.3 is 0 Å². The van der Waals surface area contributed by atoms with E-state index in [1.807, 2.05) is 24.9 Å². The Morgan fingerprint density at radius 3 is 2.74 bits per heavy atom. The minimum absolute atomic E-state index is 0.404. The highest BCUT2D eigenvalue weighted by Gasteiger charge is 2.07. The highest BCUT2D eigenvalue weighted by atomic mass is 32.2. The molecule has 0 bridgehead atoms. The van der Waals surface area contributed by atoms with Gasteiger partial charge in [0, 0.05) is 17.4 Å². The molecular formula is C14H21N3OS. The van der Waals surface area contributed by atoms with Gasteiger partial charge in [-0.05, 0) is 19.9 Å². The number of aryl methyl sites for hydroxylation is 3.